The minimum absolute atomic E-state index is 0.236. The Morgan fingerprint density at radius 1 is 1.23 bits per heavy atom. The highest BCUT2D eigenvalue weighted by molar-refractivity contribution is 7.99. The summed E-state index contributed by atoms with van der Waals surface area (Å²) in [7, 11) is 0. The standard InChI is InChI=1S/C16H14ClFN2OS/c17-11-5-7-12(8-6-11)19-16(21)20-9-10-22-15(20)13-3-1-2-4-14(13)18/h1-8,15H,9-10H2,(H,19,21)/t15-/m0/s1. The average Bonchev–Trinajstić information content (AvgIpc) is 2.99. The number of rotatable bonds is 2. The number of anilines is 1. The SMILES string of the molecule is O=C(Nc1ccc(Cl)cc1)N1CCS[C@H]1c1ccccc1F. The maximum atomic E-state index is 14.0. The molecule has 0 unspecified atom stereocenters. The van der Waals surface area contributed by atoms with Crippen LogP contribution in [0.15, 0.2) is 48.5 Å². The van der Waals surface area contributed by atoms with Gasteiger partial charge in [0.05, 0.1) is 0 Å². The zero-order valence-electron chi connectivity index (χ0n) is 11.6. The predicted molar refractivity (Wildman–Crippen MR) is 88.8 cm³/mol. The lowest BCUT2D eigenvalue weighted by molar-refractivity contribution is 0.213. The van der Waals surface area contributed by atoms with Gasteiger partial charge < -0.3 is 10.2 Å². The third-order valence-corrected chi connectivity index (χ3v) is 4.91. The Labute approximate surface area is 137 Å². The number of thioether (sulfide) groups is 1. The van der Waals surface area contributed by atoms with Crippen LogP contribution in [0.3, 0.4) is 0 Å². The molecule has 0 radical (unpaired) electrons. The number of carbonyl (C=O) groups excluding carboxylic acids is 1. The Bertz CT molecular complexity index is 680. The minimum Gasteiger partial charge on any atom is -0.308 e. The summed E-state index contributed by atoms with van der Waals surface area (Å²) in [5.41, 5.74) is 1.20. The Kier molecular flexibility index (Phi) is 4.55. The summed E-state index contributed by atoms with van der Waals surface area (Å²) in [4.78, 5) is 14.1. The Morgan fingerprint density at radius 3 is 2.68 bits per heavy atom. The summed E-state index contributed by atoms with van der Waals surface area (Å²) in [6.45, 7) is 0.586. The van der Waals surface area contributed by atoms with E-state index in [1.54, 1.807) is 59.1 Å². The molecule has 3 rings (SSSR count). The molecule has 3 nitrogen and oxygen atoms in total. The van der Waals surface area contributed by atoms with Crippen LogP contribution in [0.5, 0.6) is 0 Å². The second kappa shape index (κ2) is 6.58. The van der Waals surface area contributed by atoms with E-state index >= 15 is 0 Å². The molecule has 0 spiro atoms. The molecule has 1 fully saturated rings. The van der Waals surface area contributed by atoms with Crippen molar-refractivity contribution in [2.24, 2.45) is 0 Å². The number of hydrogen-bond donors (Lipinski definition) is 1. The van der Waals surface area contributed by atoms with Crippen LogP contribution >= 0.6 is 23.4 Å². The molecular formula is C16H14ClFN2OS. The van der Waals surface area contributed by atoms with E-state index in [0.29, 0.717) is 22.8 Å². The fourth-order valence-corrected chi connectivity index (χ4v) is 3.74. The lowest BCUT2D eigenvalue weighted by Crippen LogP contribution is -2.34. The molecule has 22 heavy (non-hydrogen) atoms. The highest BCUT2D eigenvalue weighted by Gasteiger charge is 2.32. The molecule has 114 valence electrons. The molecule has 1 atom stereocenters. The lowest BCUT2D eigenvalue weighted by Gasteiger charge is -2.24. The molecule has 0 saturated carbocycles. The van der Waals surface area contributed by atoms with Gasteiger partial charge in [0.1, 0.15) is 11.2 Å². The first-order chi connectivity index (χ1) is 10.6. The van der Waals surface area contributed by atoms with Crippen molar-refractivity contribution in [3.63, 3.8) is 0 Å². The normalized spacial score (nSPS) is 17.5. The van der Waals surface area contributed by atoms with Gasteiger partial charge in [0.2, 0.25) is 0 Å². The average molecular weight is 337 g/mol. The predicted octanol–water partition coefficient (Wildman–Crippen LogP) is 4.76. The molecule has 0 bridgehead atoms. The number of halogens is 2. The molecule has 0 aromatic heterocycles. The Hall–Kier alpha value is -1.72. The number of urea groups is 1. The molecule has 2 aromatic carbocycles. The molecule has 1 aliphatic rings. The number of carbonyl (C=O) groups is 1. The molecular weight excluding hydrogens is 323 g/mol. The molecule has 1 N–H and O–H groups in total. The van der Waals surface area contributed by atoms with Gasteiger partial charge >= 0.3 is 6.03 Å². The van der Waals surface area contributed by atoms with Crippen molar-refractivity contribution in [3.05, 3.63) is 64.9 Å². The van der Waals surface area contributed by atoms with E-state index in [-0.39, 0.29) is 17.2 Å². The van der Waals surface area contributed by atoms with E-state index in [9.17, 15) is 9.18 Å². The first-order valence-electron chi connectivity index (χ1n) is 6.84. The van der Waals surface area contributed by atoms with Gasteiger partial charge in [-0.05, 0) is 30.3 Å². The third-order valence-electron chi connectivity index (χ3n) is 3.42. The van der Waals surface area contributed by atoms with E-state index < -0.39 is 0 Å². The number of nitrogens with zero attached hydrogens (tertiary/aromatic N) is 1. The second-order valence-electron chi connectivity index (χ2n) is 4.88. The van der Waals surface area contributed by atoms with E-state index in [1.807, 2.05) is 0 Å². The minimum atomic E-state index is -0.298. The Morgan fingerprint density at radius 2 is 1.95 bits per heavy atom. The summed E-state index contributed by atoms with van der Waals surface area (Å²) in [6.07, 6.45) is 0. The van der Waals surface area contributed by atoms with Crippen molar-refractivity contribution in [1.29, 1.82) is 0 Å². The zero-order valence-corrected chi connectivity index (χ0v) is 13.2. The fourth-order valence-electron chi connectivity index (χ4n) is 2.34. The summed E-state index contributed by atoms with van der Waals surface area (Å²) in [5.74, 6) is 0.499. The maximum Gasteiger partial charge on any atom is 0.323 e. The molecule has 2 amide bonds. The highest BCUT2D eigenvalue weighted by atomic mass is 35.5. The molecule has 1 heterocycles. The van der Waals surface area contributed by atoms with Crippen molar-refractivity contribution in [2.75, 3.05) is 17.6 Å². The van der Waals surface area contributed by atoms with Crippen LogP contribution in [0.2, 0.25) is 5.02 Å². The van der Waals surface area contributed by atoms with Crippen molar-refractivity contribution in [2.45, 2.75) is 5.37 Å². The van der Waals surface area contributed by atoms with Gasteiger partial charge in [-0.1, -0.05) is 29.8 Å². The van der Waals surface area contributed by atoms with Crippen LogP contribution in [0, 0.1) is 5.82 Å². The smallest absolute Gasteiger partial charge is 0.308 e. The maximum absolute atomic E-state index is 14.0. The number of amides is 2. The molecule has 1 aliphatic heterocycles. The first-order valence-corrected chi connectivity index (χ1v) is 8.27. The molecule has 0 aliphatic carbocycles. The monoisotopic (exact) mass is 336 g/mol. The van der Waals surface area contributed by atoms with Gasteiger partial charge in [-0.3, -0.25) is 0 Å². The first kappa shape index (κ1) is 15.2. The number of nitrogens with one attached hydrogen (secondary N) is 1. The third kappa shape index (κ3) is 3.20. The van der Waals surface area contributed by atoms with Gasteiger partial charge in [0, 0.05) is 28.6 Å². The van der Waals surface area contributed by atoms with Gasteiger partial charge in [-0.2, -0.15) is 0 Å². The fraction of sp³-hybridized carbons (Fsp3) is 0.188. The quantitative estimate of drug-likeness (QED) is 0.857. The topological polar surface area (TPSA) is 32.3 Å². The van der Waals surface area contributed by atoms with E-state index in [0.717, 1.165) is 5.75 Å². The molecule has 1 saturated heterocycles. The van der Waals surface area contributed by atoms with E-state index in [2.05, 4.69) is 5.32 Å². The highest BCUT2D eigenvalue weighted by Crippen LogP contribution is 2.39. The molecule has 6 heteroatoms. The summed E-state index contributed by atoms with van der Waals surface area (Å²) in [6, 6.07) is 13.2. The van der Waals surface area contributed by atoms with Crippen LogP contribution in [0.25, 0.3) is 0 Å². The van der Waals surface area contributed by atoms with E-state index in [4.69, 9.17) is 11.6 Å². The lowest BCUT2D eigenvalue weighted by atomic mass is 10.2. The van der Waals surface area contributed by atoms with Gasteiger partial charge in [0.25, 0.3) is 0 Å². The Balaban J connectivity index is 1.76. The largest absolute Gasteiger partial charge is 0.323 e. The number of benzene rings is 2. The van der Waals surface area contributed by atoms with Crippen molar-refractivity contribution in [3.8, 4) is 0 Å². The second-order valence-corrected chi connectivity index (χ2v) is 6.50. The van der Waals surface area contributed by atoms with Crippen molar-refractivity contribution in [1.82, 2.24) is 4.90 Å². The van der Waals surface area contributed by atoms with Crippen LogP contribution in [-0.2, 0) is 0 Å². The van der Waals surface area contributed by atoms with Gasteiger partial charge in [0.15, 0.2) is 0 Å². The van der Waals surface area contributed by atoms with Crippen LogP contribution < -0.4 is 5.32 Å². The van der Waals surface area contributed by atoms with Crippen molar-refractivity contribution >= 4 is 35.1 Å². The van der Waals surface area contributed by atoms with Gasteiger partial charge in [-0.15, -0.1) is 11.8 Å². The van der Waals surface area contributed by atoms with E-state index in [1.165, 1.54) is 6.07 Å². The molecule has 2 aromatic rings. The van der Waals surface area contributed by atoms with Crippen LogP contribution in [-0.4, -0.2) is 23.2 Å². The number of hydrogen-bond acceptors (Lipinski definition) is 2. The van der Waals surface area contributed by atoms with Crippen LogP contribution in [0.4, 0.5) is 14.9 Å². The van der Waals surface area contributed by atoms with Crippen molar-refractivity contribution < 1.29 is 9.18 Å². The van der Waals surface area contributed by atoms with Gasteiger partial charge in [-0.25, -0.2) is 9.18 Å². The summed E-state index contributed by atoms with van der Waals surface area (Å²) in [5, 5.41) is 3.14. The summed E-state index contributed by atoms with van der Waals surface area (Å²) >= 11 is 7.39. The summed E-state index contributed by atoms with van der Waals surface area (Å²) < 4.78 is 14.0. The van der Waals surface area contributed by atoms with Crippen LogP contribution in [0.1, 0.15) is 10.9 Å². The zero-order chi connectivity index (χ0) is 15.5.